The van der Waals surface area contributed by atoms with Gasteiger partial charge in [0.1, 0.15) is 19.2 Å². The molecule has 3 atom stereocenters. The highest BCUT2D eigenvalue weighted by atomic mass is 16.2. The second-order valence-electron chi connectivity index (χ2n) is 6.47. The van der Waals surface area contributed by atoms with Crippen LogP contribution in [0.5, 0.6) is 0 Å². The van der Waals surface area contributed by atoms with Crippen LogP contribution in [0.2, 0.25) is 0 Å². The molecule has 2 aromatic rings. The van der Waals surface area contributed by atoms with Crippen LogP contribution in [0.4, 0.5) is 0 Å². The fourth-order valence-electron chi connectivity index (χ4n) is 3.17. The van der Waals surface area contributed by atoms with Crippen LogP contribution in [0, 0.1) is 11.8 Å². The highest BCUT2D eigenvalue weighted by molar-refractivity contribution is 5.76. The third kappa shape index (κ3) is 3.52. The van der Waals surface area contributed by atoms with Crippen LogP contribution in [-0.2, 0) is 11.3 Å². The minimum absolute atomic E-state index is 0.0982. The number of carbonyl (C=O) groups excluding carboxylic acids is 1. The van der Waals surface area contributed by atoms with Gasteiger partial charge in [0.05, 0.1) is 0 Å². The highest BCUT2D eigenvalue weighted by Gasteiger charge is 2.28. The minimum atomic E-state index is -0.320. The SMILES string of the molecule is C[C@H]1[C@H](C)CCC[C@@H]1NC(=O)Cn1nc(-n2cncn2)ccc1=O. The molecule has 0 radical (unpaired) electrons. The van der Waals surface area contributed by atoms with Gasteiger partial charge in [0.15, 0.2) is 5.82 Å². The van der Waals surface area contributed by atoms with Crippen LogP contribution in [0.3, 0.4) is 0 Å². The summed E-state index contributed by atoms with van der Waals surface area (Å²) >= 11 is 0. The maximum absolute atomic E-state index is 12.3. The summed E-state index contributed by atoms with van der Waals surface area (Å²) in [6.45, 7) is 4.29. The molecule has 0 bridgehead atoms. The van der Waals surface area contributed by atoms with Crippen molar-refractivity contribution in [1.29, 1.82) is 0 Å². The van der Waals surface area contributed by atoms with E-state index in [0.29, 0.717) is 17.7 Å². The zero-order valence-electron chi connectivity index (χ0n) is 13.9. The Hall–Kier alpha value is -2.51. The molecule has 1 amide bonds. The van der Waals surface area contributed by atoms with Crippen LogP contribution in [0.15, 0.2) is 29.6 Å². The second-order valence-corrected chi connectivity index (χ2v) is 6.47. The summed E-state index contributed by atoms with van der Waals surface area (Å²) < 4.78 is 2.60. The Balaban J connectivity index is 1.70. The normalized spacial score (nSPS) is 23.8. The number of hydrogen-bond donors (Lipinski definition) is 1. The first-order valence-corrected chi connectivity index (χ1v) is 8.27. The Morgan fingerprint density at radius 3 is 2.92 bits per heavy atom. The predicted octanol–water partition coefficient (Wildman–Crippen LogP) is 0.765. The van der Waals surface area contributed by atoms with Gasteiger partial charge in [-0.15, -0.1) is 5.10 Å². The molecule has 8 heteroatoms. The zero-order valence-corrected chi connectivity index (χ0v) is 13.9. The van der Waals surface area contributed by atoms with Crippen molar-refractivity contribution in [3.05, 3.63) is 35.1 Å². The molecule has 1 aliphatic carbocycles. The van der Waals surface area contributed by atoms with Gasteiger partial charge in [-0.1, -0.05) is 26.7 Å². The van der Waals surface area contributed by atoms with Gasteiger partial charge in [-0.05, 0) is 24.3 Å². The van der Waals surface area contributed by atoms with Crippen molar-refractivity contribution in [1.82, 2.24) is 29.9 Å². The van der Waals surface area contributed by atoms with Crippen LogP contribution in [-0.4, -0.2) is 36.5 Å². The van der Waals surface area contributed by atoms with Crippen molar-refractivity contribution in [3.63, 3.8) is 0 Å². The molecule has 0 unspecified atom stereocenters. The molecule has 1 saturated carbocycles. The van der Waals surface area contributed by atoms with E-state index >= 15 is 0 Å². The highest BCUT2D eigenvalue weighted by Crippen LogP contribution is 2.29. The third-order valence-corrected chi connectivity index (χ3v) is 4.85. The van der Waals surface area contributed by atoms with E-state index in [1.54, 1.807) is 6.07 Å². The van der Waals surface area contributed by atoms with E-state index in [1.807, 2.05) is 0 Å². The zero-order chi connectivity index (χ0) is 17.1. The molecule has 128 valence electrons. The number of rotatable bonds is 4. The van der Waals surface area contributed by atoms with E-state index in [1.165, 1.54) is 29.8 Å². The van der Waals surface area contributed by atoms with Crippen LogP contribution >= 0.6 is 0 Å². The number of amides is 1. The van der Waals surface area contributed by atoms with Gasteiger partial charge in [-0.25, -0.2) is 14.3 Å². The fraction of sp³-hybridized carbons (Fsp3) is 0.562. The van der Waals surface area contributed by atoms with Gasteiger partial charge >= 0.3 is 0 Å². The lowest BCUT2D eigenvalue weighted by molar-refractivity contribution is -0.123. The van der Waals surface area contributed by atoms with Crippen molar-refractivity contribution in [3.8, 4) is 5.82 Å². The first kappa shape index (κ1) is 16.4. The Labute approximate surface area is 139 Å². The van der Waals surface area contributed by atoms with E-state index in [2.05, 4.69) is 34.3 Å². The summed E-state index contributed by atoms with van der Waals surface area (Å²) in [5.41, 5.74) is -0.320. The quantitative estimate of drug-likeness (QED) is 0.893. The third-order valence-electron chi connectivity index (χ3n) is 4.85. The average Bonchev–Trinajstić information content (AvgIpc) is 3.08. The van der Waals surface area contributed by atoms with E-state index in [4.69, 9.17) is 0 Å². The maximum Gasteiger partial charge on any atom is 0.267 e. The molecule has 0 spiro atoms. The number of carbonyl (C=O) groups is 1. The Morgan fingerprint density at radius 2 is 2.17 bits per heavy atom. The van der Waals surface area contributed by atoms with E-state index in [0.717, 1.165) is 17.5 Å². The maximum atomic E-state index is 12.3. The van der Waals surface area contributed by atoms with E-state index < -0.39 is 0 Å². The first-order chi connectivity index (χ1) is 11.5. The number of hydrogen-bond acceptors (Lipinski definition) is 5. The topological polar surface area (TPSA) is 94.7 Å². The molecule has 0 aliphatic heterocycles. The van der Waals surface area contributed by atoms with E-state index in [-0.39, 0.29) is 24.1 Å². The summed E-state index contributed by atoms with van der Waals surface area (Å²) in [4.78, 5) is 28.1. The summed E-state index contributed by atoms with van der Waals surface area (Å²) in [7, 11) is 0. The lowest BCUT2D eigenvalue weighted by Crippen LogP contribution is -2.45. The van der Waals surface area contributed by atoms with Crippen molar-refractivity contribution in [2.75, 3.05) is 0 Å². The molecule has 24 heavy (non-hydrogen) atoms. The Morgan fingerprint density at radius 1 is 1.33 bits per heavy atom. The molecule has 1 aliphatic rings. The smallest absolute Gasteiger partial charge is 0.267 e. The van der Waals surface area contributed by atoms with Gasteiger partial charge in [-0.2, -0.15) is 5.10 Å². The van der Waals surface area contributed by atoms with Crippen LogP contribution in [0.25, 0.3) is 5.82 Å². The van der Waals surface area contributed by atoms with Crippen molar-refractivity contribution >= 4 is 5.91 Å². The lowest BCUT2D eigenvalue weighted by Gasteiger charge is -2.34. The van der Waals surface area contributed by atoms with Gasteiger partial charge < -0.3 is 5.32 Å². The van der Waals surface area contributed by atoms with Gasteiger partial charge in [0.2, 0.25) is 5.91 Å². The molecule has 2 heterocycles. The average molecular weight is 330 g/mol. The molecule has 1 fully saturated rings. The molecular formula is C16H22N6O2. The molecule has 0 aromatic carbocycles. The molecule has 0 saturated heterocycles. The Kier molecular flexibility index (Phi) is 4.73. The number of nitrogens with one attached hydrogen (secondary N) is 1. The van der Waals surface area contributed by atoms with Gasteiger partial charge in [0.25, 0.3) is 5.56 Å². The Bertz CT molecular complexity index is 754. The van der Waals surface area contributed by atoms with Crippen molar-refractivity contribution in [2.45, 2.75) is 45.7 Å². The van der Waals surface area contributed by atoms with Crippen molar-refractivity contribution in [2.24, 2.45) is 11.8 Å². The van der Waals surface area contributed by atoms with Gasteiger partial charge in [-0.3, -0.25) is 9.59 Å². The van der Waals surface area contributed by atoms with Gasteiger partial charge in [0, 0.05) is 12.1 Å². The molecule has 1 N–H and O–H groups in total. The summed E-state index contributed by atoms with van der Waals surface area (Å²) in [6, 6.07) is 3.09. The largest absolute Gasteiger partial charge is 0.351 e. The summed E-state index contributed by atoms with van der Waals surface area (Å²) in [6.07, 6.45) is 6.18. The first-order valence-electron chi connectivity index (χ1n) is 8.27. The second kappa shape index (κ2) is 6.94. The monoisotopic (exact) mass is 330 g/mol. The van der Waals surface area contributed by atoms with Crippen LogP contribution < -0.4 is 10.9 Å². The van der Waals surface area contributed by atoms with E-state index in [9.17, 15) is 9.59 Å². The van der Waals surface area contributed by atoms with Crippen LogP contribution in [0.1, 0.15) is 33.1 Å². The van der Waals surface area contributed by atoms with Crippen molar-refractivity contribution < 1.29 is 4.79 Å². The molecule has 3 rings (SSSR count). The molecule has 8 nitrogen and oxygen atoms in total. The number of nitrogens with zero attached hydrogens (tertiary/aromatic N) is 5. The summed E-state index contributed by atoms with van der Waals surface area (Å²) in [5, 5.41) is 11.2. The summed E-state index contributed by atoms with van der Waals surface area (Å²) in [5.74, 6) is 1.29. The predicted molar refractivity (Wildman–Crippen MR) is 87.5 cm³/mol. The minimum Gasteiger partial charge on any atom is -0.351 e. The molecular weight excluding hydrogens is 308 g/mol. The lowest BCUT2D eigenvalue weighted by atomic mass is 9.78. The standard InChI is InChI=1S/C16H22N6O2/c1-11-4-3-5-13(12(11)2)19-15(23)8-21-16(24)7-6-14(20-21)22-10-17-9-18-22/h6-7,9-13H,3-5,8H2,1-2H3,(H,19,23)/t11-,12+,13+/m1/s1. The fourth-order valence-corrected chi connectivity index (χ4v) is 3.17. The number of aromatic nitrogens is 5. The molecule has 2 aromatic heterocycles.